The smallest absolute Gasteiger partial charge is 0.147 e. The molecule has 2 aromatic rings. The van der Waals surface area contributed by atoms with E-state index in [-0.39, 0.29) is 5.41 Å². The minimum atomic E-state index is 0.260. The number of hydrogen-bond acceptors (Lipinski definition) is 4. The molecule has 4 rings (SSSR count). The predicted molar refractivity (Wildman–Crippen MR) is 97.1 cm³/mol. The highest BCUT2D eigenvalue weighted by Gasteiger charge is 2.41. The molecule has 124 valence electrons. The fourth-order valence-corrected chi connectivity index (χ4v) is 4.34. The fourth-order valence-electron chi connectivity index (χ4n) is 4.34. The monoisotopic (exact) mass is 320 g/mol. The number of aromatic nitrogens is 2. The van der Waals surface area contributed by atoms with Crippen molar-refractivity contribution in [1.29, 1.82) is 0 Å². The van der Waals surface area contributed by atoms with E-state index >= 15 is 0 Å². The SMILES string of the molecule is C=CCN1Cc2ccccc2C2(CCN(c3cnccn3)CC2)C1. The zero-order valence-electron chi connectivity index (χ0n) is 14.1. The molecule has 0 radical (unpaired) electrons. The van der Waals surface area contributed by atoms with Crippen LogP contribution in [-0.4, -0.2) is 41.0 Å². The van der Waals surface area contributed by atoms with Gasteiger partial charge in [-0.15, -0.1) is 6.58 Å². The molecule has 4 heteroatoms. The van der Waals surface area contributed by atoms with Crippen molar-refractivity contribution in [3.63, 3.8) is 0 Å². The summed E-state index contributed by atoms with van der Waals surface area (Å²) in [5, 5.41) is 0. The molecule has 0 bridgehead atoms. The van der Waals surface area contributed by atoms with E-state index in [1.165, 1.54) is 5.56 Å². The Labute approximate surface area is 143 Å². The summed E-state index contributed by atoms with van der Waals surface area (Å²) in [5.74, 6) is 0.999. The van der Waals surface area contributed by atoms with Crippen LogP contribution in [0.1, 0.15) is 24.0 Å². The maximum atomic E-state index is 4.46. The van der Waals surface area contributed by atoms with Crippen LogP contribution >= 0.6 is 0 Å². The molecule has 2 aliphatic heterocycles. The number of piperidine rings is 1. The van der Waals surface area contributed by atoms with Crippen LogP contribution in [0, 0.1) is 0 Å². The summed E-state index contributed by atoms with van der Waals surface area (Å²) in [5.41, 5.74) is 3.30. The van der Waals surface area contributed by atoms with E-state index in [0.717, 1.165) is 51.4 Å². The Kier molecular flexibility index (Phi) is 4.07. The molecule has 0 atom stereocenters. The molecule has 0 saturated carbocycles. The van der Waals surface area contributed by atoms with Gasteiger partial charge in [0, 0.05) is 50.5 Å². The van der Waals surface area contributed by atoms with Crippen LogP contribution in [0.5, 0.6) is 0 Å². The van der Waals surface area contributed by atoms with Crippen molar-refractivity contribution in [2.24, 2.45) is 0 Å². The highest BCUT2D eigenvalue weighted by Crippen LogP contribution is 2.42. The lowest BCUT2D eigenvalue weighted by atomic mass is 9.69. The third-order valence-electron chi connectivity index (χ3n) is 5.49. The van der Waals surface area contributed by atoms with E-state index in [4.69, 9.17) is 0 Å². The first kappa shape index (κ1) is 15.3. The van der Waals surface area contributed by atoms with Gasteiger partial charge in [-0.3, -0.25) is 9.88 Å². The van der Waals surface area contributed by atoms with Crippen molar-refractivity contribution in [2.45, 2.75) is 24.8 Å². The molecule has 0 aliphatic carbocycles. The summed E-state index contributed by atoms with van der Waals surface area (Å²) in [7, 11) is 0. The van der Waals surface area contributed by atoms with Gasteiger partial charge in [-0.2, -0.15) is 0 Å². The first-order valence-corrected chi connectivity index (χ1v) is 8.73. The van der Waals surface area contributed by atoms with Crippen LogP contribution in [0.15, 0.2) is 55.5 Å². The van der Waals surface area contributed by atoms with Crippen LogP contribution in [0.25, 0.3) is 0 Å². The minimum Gasteiger partial charge on any atom is -0.355 e. The Hall–Kier alpha value is -2.20. The van der Waals surface area contributed by atoms with Gasteiger partial charge in [-0.05, 0) is 24.0 Å². The van der Waals surface area contributed by atoms with Gasteiger partial charge in [-0.25, -0.2) is 4.98 Å². The molecule has 1 saturated heterocycles. The normalized spacial score (nSPS) is 19.9. The average molecular weight is 320 g/mol. The molecule has 0 amide bonds. The lowest BCUT2D eigenvalue weighted by molar-refractivity contribution is 0.166. The Balaban J connectivity index is 1.59. The van der Waals surface area contributed by atoms with Gasteiger partial charge in [0.15, 0.2) is 0 Å². The summed E-state index contributed by atoms with van der Waals surface area (Å²) in [6, 6.07) is 9.00. The van der Waals surface area contributed by atoms with E-state index in [1.54, 1.807) is 18.0 Å². The third kappa shape index (κ3) is 2.71. The summed E-state index contributed by atoms with van der Waals surface area (Å²) in [6.45, 7) is 9.14. The van der Waals surface area contributed by atoms with Crippen molar-refractivity contribution in [2.75, 3.05) is 31.1 Å². The van der Waals surface area contributed by atoms with Crippen LogP contribution in [0.4, 0.5) is 5.82 Å². The van der Waals surface area contributed by atoms with Gasteiger partial charge in [0.1, 0.15) is 5.82 Å². The summed E-state index contributed by atoms with van der Waals surface area (Å²) >= 11 is 0. The second-order valence-corrected chi connectivity index (χ2v) is 6.95. The molecule has 1 fully saturated rings. The number of hydrogen-bond donors (Lipinski definition) is 0. The first-order valence-electron chi connectivity index (χ1n) is 8.73. The van der Waals surface area contributed by atoms with Gasteiger partial charge < -0.3 is 4.90 Å². The molecule has 1 aromatic carbocycles. The van der Waals surface area contributed by atoms with Crippen molar-refractivity contribution >= 4 is 5.82 Å². The average Bonchev–Trinajstić information content (AvgIpc) is 2.64. The van der Waals surface area contributed by atoms with E-state index < -0.39 is 0 Å². The lowest BCUT2D eigenvalue weighted by Crippen LogP contribution is -2.52. The Morgan fingerprint density at radius 1 is 1.17 bits per heavy atom. The van der Waals surface area contributed by atoms with Crippen molar-refractivity contribution in [3.8, 4) is 0 Å². The van der Waals surface area contributed by atoms with Gasteiger partial charge in [-0.1, -0.05) is 30.3 Å². The van der Waals surface area contributed by atoms with Crippen LogP contribution in [-0.2, 0) is 12.0 Å². The highest BCUT2D eigenvalue weighted by molar-refractivity contribution is 5.42. The van der Waals surface area contributed by atoms with Crippen molar-refractivity contribution < 1.29 is 0 Å². The van der Waals surface area contributed by atoms with E-state index in [1.807, 2.05) is 12.3 Å². The van der Waals surface area contributed by atoms with E-state index in [9.17, 15) is 0 Å². The Morgan fingerprint density at radius 3 is 2.75 bits per heavy atom. The van der Waals surface area contributed by atoms with Crippen LogP contribution in [0.2, 0.25) is 0 Å². The zero-order valence-corrected chi connectivity index (χ0v) is 14.1. The van der Waals surface area contributed by atoms with E-state index in [2.05, 4.69) is 50.6 Å². The first-order chi connectivity index (χ1) is 11.8. The largest absolute Gasteiger partial charge is 0.355 e. The number of nitrogens with zero attached hydrogens (tertiary/aromatic N) is 4. The molecule has 1 spiro atoms. The standard InChI is InChI=1S/C20H24N4/c1-2-11-23-15-17-5-3-4-6-18(17)20(16-23)7-12-24(13-8-20)19-14-21-9-10-22-19/h2-6,9-10,14H,1,7-8,11-13,15-16H2. The molecule has 0 N–H and O–H groups in total. The minimum absolute atomic E-state index is 0.260. The van der Waals surface area contributed by atoms with Crippen LogP contribution < -0.4 is 4.90 Å². The Morgan fingerprint density at radius 2 is 2.00 bits per heavy atom. The molecule has 0 unspecified atom stereocenters. The molecule has 4 nitrogen and oxygen atoms in total. The van der Waals surface area contributed by atoms with Crippen LogP contribution in [0.3, 0.4) is 0 Å². The van der Waals surface area contributed by atoms with Gasteiger partial charge in [0.2, 0.25) is 0 Å². The number of fused-ring (bicyclic) bond motifs is 2. The quantitative estimate of drug-likeness (QED) is 0.814. The Bertz CT molecular complexity index is 705. The molecular weight excluding hydrogens is 296 g/mol. The second-order valence-electron chi connectivity index (χ2n) is 6.95. The fraction of sp³-hybridized carbons (Fsp3) is 0.400. The topological polar surface area (TPSA) is 32.3 Å². The van der Waals surface area contributed by atoms with Gasteiger partial charge >= 0.3 is 0 Å². The number of anilines is 1. The molecule has 24 heavy (non-hydrogen) atoms. The highest BCUT2D eigenvalue weighted by atomic mass is 15.2. The molecule has 2 aliphatic rings. The predicted octanol–water partition coefficient (Wildman–Crippen LogP) is 3.02. The maximum Gasteiger partial charge on any atom is 0.147 e. The van der Waals surface area contributed by atoms with Gasteiger partial charge in [0.05, 0.1) is 6.20 Å². The second kappa shape index (κ2) is 6.36. The maximum absolute atomic E-state index is 4.46. The molecule has 3 heterocycles. The summed E-state index contributed by atoms with van der Waals surface area (Å²) in [4.78, 5) is 13.6. The summed E-state index contributed by atoms with van der Waals surface area (Å²) < 4.78 is 0. The third-order valence-corrected chi connectivity index (χ3v) is 5.49. The molecular formula is C20H24N4. The number of benzene rings is 1. The number of rotatable bonds is 3. The molecule has 1 aromatic heterocycles. The van der Waals surface area contributed by atoms with Gasteiger partial charge in [0.25, 0.3) is 0 Å². The van der Waals surface area contributed by atoms with Crippen molar-refractivity contribution in [1.82, 2.24) is 14.9 Å². The van der Waals surface area contributed by atoms with E-state index in [0.29, 0.717) is 0 Å². The summed E-state index contributed by atoms with van der Waals surface area (Å²) in [6.07, 6.45) is 9.73. The van der Waals surface area contributed by atoms with Crippen molar-refractivity contribution in [3.05, 3.63) is 66.6 Å². The zero-order chi connectivity index (χ0) is 16.4. The lowest BCUT2D eigenvalue weighted by Gasteiger charge is -2.48.